The van der Waals surface area contributed by atoms with Gasteiger partial charge in [0.1, 0.15) is 0 Å². The highest BCUT2D eigenvalue weighted by atomic mass is 127. The van der Waals surface area contributed by atoms with E-state index in [1.807, 2.05) is 21.0 Å². The van der Waals surface area contributed by atoms with Crippen molar-refractivity contribution in [2.75, 3.05) is 40.8 Å². The molecule has 0 heterocycles. The molecule has 1 aromatic rings. The second kappa shape index (κ2) is 12.4. The summed E-state index contributed by atoms with van der Waals surface area (Å²) in [6, 6.07) is 5.55. The van der Waals surface area contributed by atoms with Crippen molar-refractivity contribution in [3.8, 4) is 0 Å². The van der Waals surface area contributed by atoms with Crippen LogP contribution in [0.2, 0.25) is 0 Å². The molecule has 0 saturated carbocycles. The Labute approximate surface area is 171 Å². The van der Waals surface area contributed by atoms with E-state index < -0.39 is 11.7 Å². The third kappa shape index (κ3) is 9.61. The normalized spacial score (nSPS) is 13.3. The molecule has 2 N–H and O–H groups in total. The average molecular weight is 486 g/mol. The minimum Gasteiger partial charge on any atom is -0.356 e. The first-order chi connectivity index (χ1) is 11.7. The number of rotatable bonds is 8. The first kappa shape index (κ1) is 25.0. The molecular weight excluding hydrogens is 456 g/mol. The van der Waals surface area contributed by atoms with Gasteiger partial charge in [-0.2, -0.15) is 13.2 Å². The second-order valence-electron chi connectivity index (χ2n) is 6.40. The van der Waals surface area contributed by atoms with Crippen LogP contribution in [-0.2, 0) is 6.18 Å². The van der Waals surface area contributed by atoms with Crippen LogP contribution in [0, 0.1) is 0 Å². The van der Waals surface area contributed by atoms with Crippen LogP contribution in [0.25, 0.3) is 0 Å². The number of nitrogens with one attached hydrogen (secondary N) is 2. The number of benzene rings is 1. The fourth-order valence-electron chi connectivity index (χ4n) is 2.42. The van der Waals surface area contributed by atoms with E-state index in [0.29, 0.717) is 12.1 Å². The van der Waals surface area contributed by atoms with Crippen LogP contribution in [0.5, 0.6) is 0 Å². The maximum Gasteiger partial charge on any atom is 0.416 e. The van der Waals surface area contributed by atoms with E-state index in [-0.39, 0.29) is 29.9 Å². The van der Waals surface area contributed by atoms with Crippen molar-refractivity contribution >= 4 is 29.9 Å². The lowest BCUT2D eigenvalue weighted by Crippen LogP contribution is -2.39. The predicted octanol–water partition coefficient (Wildman–Crippen LogP) is 3.93. The van der Waals surface area contributed by atoms with Gasteiger partial charge >= 0.3 is 6.18 Å². The van der Waals surface area contributed by atoms with Crippen molar-refractivity contribution in [1.29, 1.82) is 0 Å². The van der Waals surface area contributed by atoms with E-state index in [0.717, 1.165) is 38.0 Å². The fraction of sp³-hybridized carbons (Fsp3) is 0.611. The van der Waals surface area contributed by atoms with Gasteiger partial charge in [-0.3, -0.25) is 4.99 Å². The van der Waals surface area contributed by atoms with Crippen LogP contribution < -0.4 is 10.6 Å². The quantitative estimate of drug-likeness (QED) is 0.253. The molecule has 4 nitrogen and oxygen atoms in total. The van der Waals surface area contributed by atoms with Crippen molar-refractivity contribution in [2.45, 2.75) is 31.9 Å². The summed E-state index contributed by atoms with van der Waals surface area (Å²) < 4.78 is 38.4. The standard InChI is InChI=1S/C18H29F3N4.HI/c1-14(15-7-5-8-16(13-15)18(19,20)21)9-11-24-17(22-2)23-10-6-12-25(3)4;/h5,7-8,13-14H,6,9-12H2,1-4H3,(H2,22,23,24);1H. The summed E-state index contributed by atoms with van der Waals surface area (Å²) in [4.78, 5) is 6.27. The molecule has 0 radical (unpaired) electrons. The molecule has 150 valence electrons. The third-order valence-electron chi connectivity index (χ3n) is 3.95. The molecule has 26 heavy (non-hydrogen) atoms. The highest BCUT2D eigenvalue weighted by Crippen LogP contribution is 2.31. The fourth-order valence-corrected chi connectivity index (χ4v) is 2.42. The first-order valence-corrected chi connectivity index (χ1v) is 8.50. The van der Waals surface area contributed by atoms with Crippen LogP contribution in [0.1, 0.15) is 36.8 Å². The van der Waals surface area contributed by atoms with Crippen molar-refractivity contribution in [1.82, 2.24) is 15.5 Å². The highest BCUT2D eigenvalue weighted by molar-refractivity contribution is 14.0. The molecule has 0 aliphatic rings. The minimum atomic E-state index is -4.30. The number of nitrogens with zero attached hydrogens (tertiary/aromatic N) is 2. The van der Waals surface area contributed by atoms with Gasteiger partial charge in [-0.05, 0) is 51.0 Å². The Balaban J connectivity index is 0.00000625. The highest BCUT2D eigenvalue weighted by Gasteiger charge is 2.30. The number of hydrogen-bond donors (Lipinski definition) is 2. The maximum atomic E-state index is 12.8. The second-order valence-corrected chi connectivity index (χ2v) is 6.40. The Morgan fingerprint density at radius 2 is 1.85 bits per heavy atom. The first-order valence-electron chi connectivity index (χ1n) is 8.50. The lowest BCUT2D eigenvalue weighted by atomic mass is 9.96. The zero-order valence-electron chi connectivity index (χ0n) is 15.9. The van der Waals surface area contributed by atoms with Crippen molar-refractivity contribution in [3.63, 3.8) is 0 Å². The van der Waals surface area contributed by atoms with Crippen LogP contribution >= 0.6 is 24.0 Å². The van der Waals surface area contributed by atoms with Gasteiger partial charge in [0.2, 0.25) is 0 Å². The lowest BCUT2D eigenvalue weighted by Gasteiger charge is -2.17. The Hall–Kier alpha value is -1.03. The number of aliphatic imine (C=N–C) groups is 1. The van der Waals surface area contributed by atoms with Crippen LogP contribution in [0.3, 0.4) is 0 Å². The van der Waals surface area contributed by atoms with Gasteiger partial charge in [0.05, 0.1) is 5.56 Å². The molecule has 0 spiro atoms. The predicted molar refractivity (Wildman–Crippen MR) is 112 cm³/mol. The number of hydrogen-bond acceptors (Lipinski definition) is 2. The monoisotopic (exact) mass is 486 g/mol. The third-order valence-corrected chi connectivity index (χ3v) is 3.95. The lowest BCUT2D eigenvalue weighted by molar-refractivity contribution is -0.137. The van der Waals surface area contributed by atoms with E-state index in [1.165, 1.54) is 12.1 Å². The van der Waals surface area contributed by atoms with Crippen molar-refractivity contribution in [3.05, 3.63) is 35.4 Å². The Morgan fingerprint density at radius 3 is 2.42 bits per heavy atom. The van der Waals surface area contributed by atoms with Gasteiger partial charge < -0.3 is 15.5 Å². The summed E-state index contributed by atoms with van der Waals surface area (Å²) in [6.45, 7) is 4.40. The SMILES string of the molecule is CN=C(NCCCN(C)C)NCCC(C)c1cccc(C(F)(F)F)c1.I. The smallest absolute Gasteiger partial charge is 0.356 e. The molecule has 1 atom stereocenters. The molecule has 8 heteroatoms. The summed E-state index contributed by atoms with van der Waals surface area (Å²) in [5, 5.41) is 6.44. The van der Waals surface area contributed by atoms with E-state index in [9.17, 15) is 13.2 Å². The zero-order chi connectivity index (χ0) is 18.9. The molecule has 0 aromatic heterocycles. The van der Waals surface area contributed by atoms with Gasteiger partial charge in [0, 0.05) is 20.1 Å². The zero-order valence-corrected chi connectivity index (χ0v) is 18.2. The maximum absolute atomic E-state index is 12.8. The summed E-state index contributed by atoms with van der Waals surface area (Å²) >= 11 is 0. The Morgan fingerprint density at radius 1 is 1.19 bits per heavy atom. The van der Waals surface area contributed by atoms with Crippen molar-refractivity contribution < 1.29 is 13.2 Å². The van der Waals surface area contributed by atoms with Gasteiger partial charge in [0.25, 0.3) is 0 Å². The summed E-state index contributed by atoms with van der Waals surface area (Å²) in [5.41, 5.74) is 0.105. The molecule has 1 rings (SSSR count). The van der Waals surface area contributed by atoms with Crippen LogP contribution in [-0.4, -0.2) is 51.6 Å². The van der Waals surface area contributed by atoms with E-state index in [1.54, 1.807) is 13.1 Å². The molecule has 0 aliphatic heterocycles. The number of alkyl halides is 3. The van der Waals surface area contributed by atoms with Crippen LogP contribution in [0.4, 0.5) is 13.2 Å². The molecule has 0 amide bonds. The number of guanidine groups is 1. The average Bonchev–Trinajstić information content (AvgIpc) is 2.56. The van der Waals surface area contributed by atoms with Gasteiger partial charge in [-0.15, -0.1) is 24.0 Å². The molecule has 1 unspecified atom stereocenters. The van der Waals surface area contributed by atoms with Gasteiger partial charge in [-0.25, -0.2) is 0 Å². The number of halogens is 4. The molecule has 1 aromatic carbocycles. The van der Waals surface area contributed by atoms with E-state index >= 15 is 0 Å². The summed E-state index contributed by atoms with van der Waals surface area (Å²) in [5.74, 6) is 0.747. The summed E-state index contributed by atoms with van der Waals surface area (Å²) in [7, 11) is 5.77. The molecule has 0 saturated heterocycles. The minimum absolute atomic E-state index is 0. The van der Waals surface area contributed by atoms with Gasteiger partial charge in [0.15, 0.2) is 5.96 Å². The Bertz CT molecular complexity index is 547. The molecule has 0 bridgehead atoms. The molecule has 0 aliphatic carbocycles. The van der Waals surface area contributed by atoms with E-state index in [4.69, 9.17) is 0 Å². The molecule has 0 fully saturated rings. The topological polar surface area (TPSA) is 39.7 Å². The van der Waals surface area contributed by atoms with Crippen molar-refractivity contribution in [2.24, 2.45) is 4.99 Å². The Kier molecular flexibility index (Phi) is 11.9. The van der Waals surface area contributed by atoms with Crippen LogP contribution in [0.15, 0.2) is 29.3 Å². The summed E-state index contributed by atoms with van der Waals surface area (Å²) in [6.07, 6.45) is -2.57. The molecular formula is C18H30F3IN4. The van der Waals surface area contributed by atoms with E-state index in [2.05, 4.69) is 20.5 Å². The largest absolute Gasteiger partial charge is 0.416 e. The van der Waals surface area contributed by atoms with Gasteiger partial charge in [-0.1, -0.05) is 25.1 Å².